The number of ketones is 1. The molecular weight excluding hydrogens is 380 g/mol. The second-order valence-corrected chi connectivity index (χ2v) is 7.96. The zero-order valence-electron chi connectivity index (χ0n) is 17.7. The van der Waals surface area contributed by atoms with Gasteiger partial charge in [-0.05, 0) is 30.2 Å². The Morgan fingerprint density at radius 3 is 2.50 bits per heavy atom. The molecule has 0 aromatic heterocycles. The fourth-order valence-corrected chi connectivity index (χ4v) is 3.47. The zero-order valence-corrected chi connectivity index (χ0v) is 17.7. The molecule has 0 unspecified atom stereocenters. The molecule has 1 N–H and O–H groups in total. The van der Waals surface area contributed by atoms with Gasteiger partial charge < -0.3 is 14.8 Å². The summed E-state index contributed by atoms with van der Waals surface area (Å²) in [7, 11) is 0. The Morgan fingerprint density at radius 1 is 1.10 bits per heavy atom. The summed E-state index contributed by atoms with van der Waals surface area (Å²) in [5, 5.41) is 2.88. The van der Waals surface area contributed by atoms with Gasteiger partial charge in [0.1, 0.15) is 5.75 Å². The first-order valence-corrected chi connectivity index (χ1v) is 10.4. The van der Waals surface area contributed by atoms with E-state index in [2.05, 4.69) is 24.1 Å². The van der Waals surface area contributed by atoms with Crippen LogP contribution in [0.5, 0.6) is 5.75 Å². The zero-order chi connectivity index (χ0) is 21.3. The first-order chi connectivity index (χ1) is 14.5. The topological polar surface area (TPSA) is 67.9 Å². The standard InChI is InChI=1S/C24H30N2O4/c1-18(2)15-26-12-13-29-22(16-26)14-25-23(27)17-30-21-10-8-20(9-11-21)24(28)19-6-4-3-5-7-19/h3-11,18,22H,12-17H2,1-2H3,(H,25,27)/t22-/m0/s1. The van der Waals surface area contributed by atoms with Crippen molar-refractivity contribution < 1.29 is 19.1 Å². The van der Waals surface area contributed by atoms with Crippen molar-refractivity contribution in [3.05, 3.63) is 65.7 Å². The third-order valence-corrected chi connectivity index (χ3v) is 4.90. The lowest BCUT2D eigenvalue weighted by atomic mass is 10.0. The molecule has 1 heterocycles. The summed E-state index contributed by atoms with van der Waals surface area (Å²) < 4.78 is 11.3. The summed E-state index contributed by atoms with van der Waals surface area (Å²) in [5.41, 5.74) is 1.22. The quantitative estimate of drug-likeness (QED) is 0.644. The van der Waals surface area contributed by atoms with Crippen LogP contribution in [0.15, 0.2) is 54.6 Å². The Hall–Kier alpha value is -2.70. The molecule has 160 valence electrons. The van der Waals surface area contributed by atoms with Crippen molar-refractivity contribution >= 4 is 11.7 Å². The number of benzene rings is 2. The van der Waals surface area contributed by atoms with E-state index >= 15 is 0 Å². The van der Waals surface area contributed by atoms with Crippen LogP contribution in [0, 0.1) is 5.92 Å². The molecule has 1 atom stereocenters. The molecule has 0 radical (unpaired) electrons. The highest BCUT2D eigenvalue weighted by Crippen LogP contribution is 2.15. The molecule has 3 rings (SSSR count). The maximum atomic E-state index is 12.4. The van der Waals surface area contributed by atoms with E-state index in [0.717, 1.165) is 19.6 Å². The lowest BCUT2D eigenvalue weighted by Crippen LogP contribution is -2.48. The minimum Gasteiger partial charge on any atom is -0.484 e. The van der Waals surface area contributed by atoms with E-state index in [1.54, 1.807) is 36.4 Å². The van der Waals surface area contributed by atoms with Crippen LogP contribution in [-0.2, 0) is 9.53 Å². The lowest BCUT2D eigenvalue weighted by Gasteiger charge is -2.33. The molecule has 6 nitrogen and oxygen atoms in total. The first kappa shape index (κ1) is 22.0. The summed E-state index contributed by atoms with van der Waals surface area (Å²) in [6, 6.07) is 16.0. The minimum atomic E-state index is -0.191. The number of morpholine rings is 1. The van der Waals surface area contributed by atoms with E-state index in [1.165, 1.54) is 0 Å². The van der Waals surface area contributed by atoms with Crippen molar-refractivity contribution in [1.82, 2.24) is 10.2 Å². The first-order valence-electron chi connectivity index (χ1n) is 10.4. The van der Waals surface area contributed by atoms with E-state index < -0.39 is 0 Å². The Bertz CT molecular complexity index is 821. The SMILES string of the molecule is CC(C)CN1CCO[C@@H](CNC(=O)COc2ccc(C(=O)c3ccccc3)cc2)C1. The van der Waals surface area contributed by atoms with Crippen LogP contribution >= 0.6 is 0 Å². The maximum Gasteiger partial charge on any atom is 0.258 e. The second kappa shape index (κ2) is 10.9. The van der Waals surface area contributed by atoms with Gasteiger partial charge in [0.2, 0.25) is 0 Å². The van der Waals surface area contributed by atoms with Gasteiger partial charge in [0.15, 0.2) is 12.4 Å². The van der Waals surface area contributed by atoms with Crippen LogP contribution < -0.4 is 10.1 Å². The Kier molecular flexibility index (Phi) is 7.99. The molecule has 1 fully saturated rings. The molecule has 1 aliphatic heterocycles. The smallest absolute Gasteiger partial charge is 0.258 e. The molecule has 0 aliphatic carbocycles. The third-order valence-electron chi connectivity index (χ3n) is 4.90. The number of carbonyl (C=O) groups is 2. The summed E-state index contributed by atoms with van der Waals surface area (Å²) >= 11 is 0. The molecule has 2 aromatic carbocycles. The summed E-state index contributed by atoms with van der Waals surface area (Å²) in [6.07, 6.45) is 0.00438. The van der Waals surface area contributed by atoms with E-state index in [9.17, 15) is 9.59 Å². The van der Waals surface area contributed by atoms with Crippen molar-refractivity contribution in [2.45, 2.75) is 20.0 Å². The van der Waals surface area contributed by atoms with Crippen LogP contribution in [0.25, 0.3) is 0 Å². The number of rotatable bonds is 9. The van der Waals surface area contributed by atoms with Crippen LogP contribution in [0.4, 0.5) is 0 Å². The molecule has 0 spiro atoms. The van der Waals surface area contributed by atoms with Crippen molar-refractivity contribution in [1.29, 1.82) is 0 Å². The van der Waals surface area contributed by atoms with Gasteiger partial charge in [0.25, 0.3) is 5.91 Å². The van der Waals surface area contributed by atoms with E-state index in [0.29, 0.717) is 35.9 Å². The Balaban J connectivity index is 1.41. The number of carbonyl (C=O) groups excluding carboxylic acids is 2. The molecular formula is C24H30N2O4. The van der Waals surface area contributed by atoms with Gasteiger partial charge in [-0.2, -0.15) is 0 Å². The van der Waals surface area contributed by atoms with Crippen LogP contribution in [0.1, 0.15) is 29.8 Å². The van der Waals surface area contributed by atoms with E-state index in [1.807, 2.05) is 18.2 Å². The third kappa shape index (κ3) is 6.68. The molecule has 0 saturated carbocycles. The summed E-state index contributed by atoms with van der Waals surface area (Å²) in [4.78, 5) is 26.9. The molecule has 1 amide bonds. The number of hydrogen-bond donors (Lipinski definition) is 1. The van der Waals surface area contributed by atoms with Gasteiger partial charge in [-0.25, -0.2) is 0 Å². The van der Waals surface area contributed by atoms with E-state index in [4.69, 9.17) is 9.47 Å². The largest absolute Gasteiger partial charge is 0.484 e. The van der Waals surface area contributed by atoms with Crippen LogP contribution in [-0.4, -0.2) is 62.1 Å². The van der Waals surface area contributed by atoms with Gasteiger partial charge in [0, 0.05) is 37.3 Å². The summed E-state index contributed by atoms with van der Waals surface area (Å²) in [5.74, 6) is 0.927. The van der Waals surface area contributed by atoms with E-state index in [-0.39, 0.29) is 24.4 Å². The fraction of sp³-hybridized carbons (Fsp3) is 0.417. The highest BCUT2D eigenvalue weighted by molar-refractivity contribution is 6.08. The normalized spacial score (nSPS) is 17.0. The molecule has 1 aliphatic rings. The predicted molar refractivity (Wildman–Crippen MR) is 116 cm³/mol. The Morgan fingerprint density at radius 2 is 1.80 bits per heavy atom. The van der Waals surface area contributed by atoms with Crippen LogP contribution in [0.3, 0.4) is 0 Å². The Labute approximate surface area is 178 Å². The van der Waals surface area contributed by atoms with Crippen molar-refractivity contribution in [3.63, 3.8) is 0 Å². The molecule has 0 bridgehead atoms. The van der Waals surface area contributed by atoms with Gasteiger partial charge in [0.05, 0.1) is 12.7 Å². The number of nitrogens with zero attached hydrogens (tertiary/aromatic N) is 1. The molecule has 2 aromatic rings. The second-order valence-electron chi connectivity index (χ2n) is 7.96. The number of amides is 1. The minimum absolute atomic E-state index is 0.00438. The molecule has 1 saturated heterocycles. The predicted octanol–water partition coefficient (Wildman–Crippen LogP) is 2.77. The number of hydrogen-bond acceptors (Lipinski definition) is 5. The van der Waals surface area contributed by atoms with Gasteiger partial charge in [-0.3, -0.25) is 14.5 Å². The number of ether oxygens (including phenoxy) is 2. The van der Waals surface area contributed by atoms with Gasteiger partial charge >= 0.3 is 0 Å². The maximum absolute atomic E-state index is 12.4. The fourth-order valence-electron chi connectivity index (χ4n) is 3.47. The highest BCUT2D eigenvalue weighted by Gasteiger charge is 2.21. The average Bonchev–Trinajstić information content (AvgIpc) is 2.76. The lowest BCUT2D eigenvalue weighted by molar-refractivity contribution is -0.124. The molecule has 30 heavy (non-hydrogen) atoms. The summed E-state index contributed by atoms with van der Waals surface area (Å²) in [6.45, 7) is 8.30. The molecule has 6 heteroatoms. The average molecular weight is 411 g/mol. The van der Waals surface area contributed by atoms with Gasteiger partial charge in [-0.1, -0.05) is 44.2 Å². The van der Waals surface area contributed by atoms with Gasteiger partial charge in [-0.15, -0.1) is 0 Å². The van der Waals surface area contributed by atoms with Crippen molar-refractivity contribution in [2.75, 3.05) is 39.4 Å². The van der Waals surface area contributed by atoms with Crippen molar-refractivity contribution in [3.8, 4) is 5.75 Å². The van der Waals surface area contributed by atoms with Crippen LogP contribution in [0.2, 0.25) is 0 Å². The van der Waals surface area contributed by atoms with Crippen molar-refractivity contribution in [2.24, 2.45) is 5.92 Å². The number of nitrogens with one attached hydrogen (secondary N) is 1. The highest BCUT2D eigenvalue weighted by atomic mass is 16.5. The monoisotopic (exact) mass is 410 g/mol.